The van der Waals surface area contributed by atoms with Crippen LogP contribution in [0.4, 0.5) is 0 Å². The van der Waals surface area contributed by atoms with E-state index >= 15 is 0 Å². The Morgan fingerprint density at radius 1 is 1.29 bits per heavy atom. The van der Waals surface area contributed by atoms with Crippen LogP contribution in [0, 0.1) is 28.6 Å². The highest BCUT2D eigenvalue weighted by molar-refractivity contribution is 6.11. The number of aliphatic hydroxyl groups excluding tert-OH is 1. The molecule has 0 amide bonds. The van der Waals surface area contributed by atoms with Crippen LogP contribution < -0.4 is 0 Å². The van der Waals surface area contributed by atoms with Gasteiger partial charge in [0, 0.05) is 23.2 Å². The maximum absolute atomic E-state index is 13.6. The molecule has 3 fully saturated rings. The van der Waals surface area contributed by atoms with E-state index in [1.54, 1.807) is 0 Å². The average molecular weight is 383 g/mol. The molecular formula is C23H29NO4. The summed E-state index contributed by atoms with van der Waals surface area (Å²) in [7, 11) is 0. The summed E-state index contributed by atoms with van der Waals surface area (Å²) in [5, 5.41) is 20.7. The number of ketones is 2. The second kappa shape index (κ2) is 5.73. The van der Waals surface area contributed by atoms with Crippen molar-refractivity contribution in [3.63, 3.8) is 0 Å². The fourth-order valence-corrected chi connectivity index (χ4v) is 7.56. The van der Waals surface area contributed by atoms with Crippen molar-refractivity contribution in [1.82, 2.24) is 0 Å². The second-order valence-corrected chi connectivity index (χ2v) is 10.0. The number of Topliss-reactive ketones (excluding diaryl/α,β-unsaturated/α-hetero) is 2. The van der Waals surface area contributed by atoms with Crippen molar-refractivity contribution in [2.45, 2.75) is 58.0 Å². The Hall–Kier alpha value is -1.59. The maximum Gasteiger partial charge on any atom is 0.190 e. The van der Waals surface area contributed by atoms with Crippen molar-refractivity contribution in [3.8, 4) is 0 Å². The average Bonchev–Trinajstić information content (AvgIpc) is 3.20. The van der Waals surface area contributed by atoms with E-state index in [1.165, 1.54) is 11.1 Å². The van der Waals surface area contributed by atoms with Crippen LogP contribution in [0.15, 0.2) is 28.3 Å². The van der Waals surface area contributed by atoms with Crippen LogP contribution in [0.25, 0.3) is 0 Å². The molecule has 0 radical (unpaired) electrons. The summed E-state index contributed by atoms with van der Waals surface area (Å²) in [6.07, 6.45) is 8.48. The number of carbonyl (C=O) groups is 2. The van der Waals surface area contributed by atoms with Gasteiger partial charge in [0.25, 0.3) is 0 Å². The van der Waals surface area contributed by atoms with E-state index in [4.69, 9.17) is 0 Å². The van der Waals surface area contributed by atoms with Gasteiger partial charge < -0.3 is 10.2 Å². The molecule has 2 N–H and O–H groups in total. The molecule has 0 bridgehead atoms. The van der Waals surface area contributed by atoms with Gasteiger partial charge in [-0.2, -0.15) is 0 Å². The Bertz CT molecular complexity index is 870. The molecule has 5 heteroatoms. The lowest BCUT2D eigenvalue weighted by atomic mass is 9.45. The first kappa shape index (κ1) is 18.4. The zero-order valence-electron chi connectivity index (χ0n) is 16.7. The molecule has 3 saturated carbocycles. The number of hydrogen-bond acceptors (Lipinski definition) is 5. The molecule has 1 heterocycles. The first-order valence-electron chi connectivity index (χ1n) is 10.6. The van der Waals surface area contributed by atoms with Crippen molar-refractivity contribution < 1.29 is 19.8 Å². The van der Waals surface area contributed by atoms with Gasteiger partial charge in [-0.25, -0.2) is 0 Å². The molecule has 0 unspecified atom stereocenters. The normalized spacial score (nSPS) is 46.6. The minimum atomic E-state index is -1.58. The van der Waals surface area contributed by atoms with E-state index in [0.717, 1.165) is 37.9 Å². The van der Waals surface area contributed by atoms with E-state index in [0.29, 0.717) is 6.42 Å². The van der Waals surface area contributed by atoms with Gasteiger partial charge in [0.2, 0.25) is 0 Å². The summed E-state index contributed by atoms with van der Waals surface area (Å²) in [6.45, 7) is 4.23. The third kappa shape index (κ3) is 2.07. The first-order chi connectivity index (χ1) is 13.2. The molecule has 0 aromatic rings. The summed E-state index contributed by atoms with van der Waals surface area (Å²) < 4.78 is 0. The van der Waals surface area contributed by atoms with Crippen LogP contribution in [0.5, 0.6) is 0 Å². The van der Waals surface area contributed by atoms with Crippen molar-refractivity contribution >= 4 is 17.3 Å². The Balaban J connectivity index is 1.56. The summed E-state index contributed by atoms with van der Waals surface area (Å²) >= 11 is 0. The lowest BCUT2D eigenvalue weighted by Gasteiger charge is -2.58. The first-order valence-corrected chi connectivity index (χ1v) is 10.6. The zero-order valence-corrected chi connectivity index (χ0v) is 16.7. The number of rotatable bonds is 2. The molecular weight excluding hydrogens is 354 g/mol. The van der Waals surface area contributed by atoms with E-state index in [2.05, 4.69) is 24.1 Å². The van der Waals surface area contributed by atoms with E-state index < -0.39 is 23.4 Å². The van der Waals surface area contributed by atoms with Crippen molar-refractivity contribution in [1.29, 1.82) is 0 Å². The molecule has 150 valence electrons. The second-order valence-electron chi connectivity index (χ2n) is 10.0. The number of hydrogen-bond donors (Lipinski definition) is 2. The van der Waals surface area contributed by atoms with Crippen LogP contribution in [0.2, 0.25) is 0 Å². The molecule has 4 aliphatic carbocycles. The summed E-state index contributed by atoms with van der Waals surface area (Å²) in [5.41, 5.74) is 1.19. The molecule has 0 spiro atoms. The predicted octanol–water partition coefficient (Wildman–Crippen LogP) is 2.41. The molecule has 6 atom stereocenters. The van der Waals surface area contributed by atoms with Gasteiger partial charge in [-0.15, -0.1) is 0 Å². The molecule has 0 saturated heterocycles. The van der Waals surface area contributed by atoms with Gasteiger partial charge in [0.15, 0.2) is 5.78 Å². The number of aliphatic hydroxyl groups is 2. The highest BCUT2D eigenvalue weighted by Crippen LogP contribution is 2.66. The van der Waals surface area contributed by atoms with E-state index in [9.17, 15) is 19.8 Å². The van der Waals surface area contributed by atoms with Crippen LogP contribution >= 0.6 is 0 Å². The third-order valence-corrected chi connectivity index (χ3v) is 8.98. The number of fused-ring (bicyclic) bond motifs is 6. The van der Waals surface area contributed by atoms with Gasteiger partial charge >= 0.3 is 0 Å². The van der Waals surface area contributed by atoms with Gasteiger partial charge in [-0.1, -0.05) is 25.5 Å². The van der Waals surface area contributed by atoms with Crippen LogP contribution in [-0.4, -0.2) is 46.2 Å². The molecule has 5 nitrogen and oxygen atoms in total. The number of nitrogens with zero attached hydrogens (tertiary/aromatic N) is 1. The van der Waals surface area contributed by atoms with Gasteiger partial charge in [-0.05, 0) is 55.6 Å². The minimum absolute atomic E-state index is 0.0554. The van der Waals surface area contributed by atoms with Gasteiger partial charge in [0.1, 0.15) is 18.0 Å². The van der Waals surface area contributed by atoms with Crippen LogP contribution in [-0.2, 0) is 9.59 Å². The van der Waals surface area contributed by atoms with E-state index in [1.807, 2.05) is 6.92 Å². The fourth-order valence-electron chi connectivity index (χ4n) is 7.56. The van der Waals surface area contributed by atoms with Crippen molar-refractivity contribution in [3.05, 3.63) is 23.3 Å². The Morgan fingerprint density at radius 2 is 2.07 bits per heavy atom. The molecule has 0 aromatic carbocycles. The highest BCUT2D eigenvalue weighted by Gasteiger charge is 2.68. The molecule has 1 aliphatic heterocycles. The number of carbonyl (C=O) groups excluding carboxylic acids is 2. The smallest absolute Gasteiger partial charge is 0.190 e. The number of aliphatic imine (C=N–C) groups is 1. The Morgan fingerprint density at radius 3 is 2.82 bits per heavy atom. The molecule has 0 aromatic heterocycles. The number of allylic oxidation sites excluding steroid dienone is 3. The summed E-state index contributed by atoms with van der Waals surface area (Å²) in [5.74, 6) is -0.0702. The summed E-state index contributed by atoms with van der Waals surface area (Å²) in [4.78, 5) is 30.6. The lowest BCUT2D eigenvalue weighted by molar-refractivity contribution is -0.169. The fraction of sp³-hybridized carbons (Fsp3) is 0.696. The quantitative estimate of drug-likeness (QED) is 0.767. The van der Waals surface area contributed by atoms with Crippen molar-refractivity contribution in [2.75, 3.05) is 13.2 Å². The SMILES string of the molecule is C[C@]12CC3=CCN=C3C=C1CC[C@@H]1[C@@H]2C(=O)C[C@@]2(C)[C@H]1CC[C@]2(O)C(=O)CO. The van der Waals surface area contributed by atoms with Gasteiger partial charge in [0.05, 0.1) is 12.3 Å². The van der Waals surface area contributed by atoms with Crippen LogP contribution in [0.1, 0.15) is 52.4 Å². The molecule has 5 rings (SSSR count). The Labute approximate surface area is 165 Å². The van der Waals surface area contributed by atoms with Crippen LogP contribution in [0.3, 0.4) is 0 Å². The standard InChI is InChI=1S/C23H29NO4/c1-21-10-13-6-8-24-17(13)9-14(21)3-4-15-16-5-7-23(28,19(27)12-25)22(16,2)11-18(26)20(15)21/h6,9,15-16,20,25,28H,3-5,7-8,10-12H2,1-2H3/t15-,16-,20+,21-,22-,23-/m0/s1. The predicted molar refractivity (Wildman–Crippen MR) is 105 cm³/mol. The topological polar surface area (TPSA) is 87.0 Å². The minimum Gasteiger partial charge on any atom is -0.388 e. The monoisotopic (exact) mass is 383 g/mol. The van der Waals surface area contributed by atoms with Gasteiger partial charge in [-0.3, -0.25) is 14.6 Å². The summed E-state index contributed by atoms with van der Waals surface area (Å²) in [6, 6.07) is 0. The van der Waals surface area contributed by atoms with Crippen molar-refractivity contribution in [2.24, 2.45) is 33.6 Å². The maximum atomic E-state index is 13.6. The lowest BCUT2D eigenvalue weighted by Crippen LogP contribution is -2.61. The molecule has 5 aliphatic rings. The highest BCUT2D eigenvalue weighted by atomic mass is 16.3. The molecule has 28 heavy (non-hydrogen) atoms. The van der Waals surface area contributed by atoms with E-state index in [-0.39, 0.29) is 35.4 Å². The third-order valence-electron chi connectivity index (χ3n) is 8.98. The largest absolute Gasteiger partial charge is 0.388 e. The Kier molecular flexibility index (Phi) is 3.77. The zero-order chi connectivity index (χ0) is 19.9.